The lowest BCUT2D eigenvalue weighted by Crippen LogP contribution is -2.49. The number of hydrogen-bond donors (Lipinski definition) is 0. The Morgan fingerprint density at radius 2 is 1.64 bits per heavy atom. The van der Waals surface area contributed by atoms with Gasteiger partial charge in [0.05, 0.1) is 16.5 Å². The van der Waals surface area contributed by atoms with Gasteiger partial charge in [-0.3, -0.25) is 4.79 Å². The van der Waals surface area contributed by atoms with Gasteiger partial charge in [0, 0.05) is 16.8 Å². The average Bonchev–Trinajstić information content (AvgIpc) is 3.21. The fourth-order valence-corrected chi connectivity index (χ4v) is 7.22. The highest BCUT2D eigenvalue weighted by Crippen LogP contribution is 2.47. The quantitative estimate of drug-likeness (QED) is 0.600. The molecule has 0 aromatic carbocycles. The van der Waals surface area contributed by atoms with Gasteiger partial charge < -0.3 is 19.7 Å². The van der Waals surface area contributed by atoms with Crippen LogP contribution in [-0.2, 0) is 4.79 Å². The number of carboxylic acid groups (broad SMARTS) is 1. The van der Waals surface area contributed by atoms with Crippen molar-refractivity contribution in [1.29, 1.82) is 0 Å². The first-order valence-corrected chi connectivity index (χ1v) is 13.8. The molecule has 0 spiro atoms. The van der Waals surface area contributed by atoms with Crippen molar-refractivity contribution in [2.24, 2.45) is 17.3 Å². The van der Waals surface area contributed by atoms with Crippen LogP contribution in [-0.4, -0.2) is 43.0 Å². The van der Waals surface area contributed by atoms with E-state index in [0.717, 1.165) is 82.2 Å². The second-order valence-corrected chi connectivity index (χ2v) is 12.9. The van der Waals surface area contributed by atoms with Crippen LogP contribution in [0, 0.1) is 17.3 Å². The lowest BCUT2D eigenvalue weighted by Gasteiger charge is -2.40. The second kappa shape index (κ2) is 10.1. The summed E-state index contributed by atoms with van der Waals surface area (Å²) in [5, 5.41) is 12.3. The molecule has 3 aliphatic rings. The maximum absolute atomic E-state index is 13.9. The lowest BCUT2D eigenvalue weighted by atomic mass is 9.73. The fourth-order valence-electron chi connectivity index (χ4n) is 6.06. The molecule has 5 nitrogen and oxygen atoms in total. The number of aromatic carboxylic acids is 1. The monoisotopic (exact) mass is 473 g/mol. The Hall–Kier alpha value is -1.40. The minimum Gasteiger partial charge on any atom is -0.544 e. The van der Waals surface area contributed by atoms with Gasteiger partial charge in [-0.05, 0) is 108 Å². The topological polar surface area (TPSA) is 63.7 Å². The molecule has 1 aliphatic heterocycles. The number of rotatable bonds is 5. The summed E-state index contributed by atoms with van der Waals surface area (Å²) >= 11 is 1.37. The fraction of sp³-hybridized carbons (Fsp3) is 0.778. The van der Waals surface area contributed by atoms with E-state index in [9.17, 15) is 14.7 Å². The third-order valence-corrected chi connectivity index (χ3v) is 9.84. The van der Waals surface area contributed by atoms with Crippen molar-refractivity contribution in [1.82, 2.24) is 4.90 Å². The molecule has 33 heavy (non-hydrogen) atoms. The SMILES string of the molecule is CC1CCC(C(=O)N(c2cc(C3CCC(C)(C)CC3)sc2C(=O)[O-])C2CCN(C)CC2)CC1. The Labute approximate surface area is 203 Å². The first kappa shape index (κ1) is 24.7. The third kappa shape index (κ3) is 5.64. The molecule has 0 N–H and O–H groups in total. The van der Waals surface area contributed by atoms with Gasteiger partial charge in [-0.2, -0.15) is 0 Å². The number of hydrogen-bond acceptors (Lipinski definition) is 5. The minimum absolute atomic E-state index is 0.00860. The van der Waals surface area contributed by atoms with Gasteiger partial charge >= 0.3 is 0 Å². The number of nitrogens with zero attached hydrogens (tertiary/aromatic N) is 2. The largest absolute Gasteiger partial charge is 0.544 e. The van der Waals surface area contributed by atoms with Crippen molar-refractivity contribution < 1.29 is 14.7 Å². The average molecular weight is 474 g/mol. The van der Waals surface area contributed by atoms with E-state index in [0.29, 0.717) is 22.9 Å². The number of likely N-dealkylation sites (tertiary alicyclic amines) is 1. The molecule has 1 amide bonds. The molecule has 0 radical (unpaired) electrons. The summed E-state index contributed by atoms with van der Waals surface area (Å²) < 4.78 is 0. The van der Waals surface area contributed by atoms with Crippen molar-refractivity contribution in [2.45, 2.75) is 96.9 Å². The van der Waals surface area contributed by atoms with Crippen LogP contribution in [0.4, 0.5) is 5.69 Å². The van der Waals surface area contributed by atoms with Gasteiger partial charge in [0.1, 0.15) is 0 Å². The summed E-state index contributed by atoms with van der Waals surface area (Å²) in [6.45, 7) is 8.78. The van der Waals surface area contributed by atoms with E-state index >= 15 is 0 Å². The van der Waals surface area contributed by atoms with Crippen LogP contribution < -0.4 is 10.0 Å². The number of amides is 1. The number of anilines is 1. The zero-order valence-corrected chi connectivity index (χ0v) is 21.7. The molecule has 0 unspecified atom stereocenters. The normalized spacial score (nSPS) is 27.4. The van der Waals surface area contributed by atoms with Crippen molar-refractivity contribution in [3.05, 3.63) is 15.8 Å². The highest BCUT2D eigenvalue weighted by molar-refractivity contribution is 7.14. The molecular formula is C27H41N2O3S-. The van der Waals surface area contributed by atoms with Crippen LogP contribution in [0.1, 0.15) is 105 Å². The van der Waals surface area contributed by atoms with E-state index in [-0.39, 0.29) is 22.7 Å². The first-order chi connectivity index (χ1) is 15.6. The van der Waals surface area contributed by atoms with Gasteiger partial charge in [0.25, 0.3) is 0 Å². The molecule has 6 heteroatoms. The molecule has 0 atom stereocenters. The van der Waals surface area contributed by atoms with Gasteiger partial charge in [-0.1, -0.05) is 20.8 Å². The van der Waals surface area contributed by atoms with E-state index < -0.39 is 5.97 Å². The zero-order chi connectivity index (χ0) is 23.8. The van der Waals surface area contributed by atoms with Crippen LogP contribution >= 0.6 is 11.3 Å². The highest BCUT2D eigenvalue weighted by Gasteiger charge is 2.37. The molecule has 2 saturated carbocycles. The summed E-state index contributed by atoms with van der Waals surface area (Å²) in [5.74, 6) is 0.0792. The second-order valence-electron chi connectivity index (χ2n) is 11.8. The predicted molar refractivity (Wildman–Crippen MR) is 133 cm³/mol. The van der Waals surface area contributed by atoms with Crippen molar-refractivity contribution >= 4 is 28.9 Å². The summed E-state index contributed by atoms with van der Waals surface area (Å²) in [6.07, 6.45) is 10.3. The summed E-state index contributed by atoms with van der Waals surface area (Å²) in [6, 6.07) is 2.12. The predicted octanol–water partition coefficient (Wildman–Crippen LogP) is 5.05. The van der Waals surface area contributed by atoms with Gasteiger partial charge in [0.2, 0.25) is 5.91 Å². The van der Waals surface area contributed by atoms with Crippen LogP contribution in [0.3, 0.4) is 0 Å². The molecule has 4 rings (SSSR count). The van der Waals surface area contributed by atoms with Crippen molar-refractivity contribution in [3.63, 3.8) is 0 Å². The lowest BCUT2D eigenvalue weighted by molar-refractivity contribution is -0.254. The molecule has 184 valence electrons. The van der Waals surface area contributed by atoms with Gasteiger partial charge in [0.15, 0.2) is 0 Å². The minimum atomic E-state index is -1.14. The van der Waals surface area contributed by atoms with E-state index in [1.165, 1.54) is 11.3 Å². The van der Waals surface area contributed by atoms with Crippen LogP contribution in [0.15, 0.2) is 6.07 Å². The Morgan fingerprint density at radius 3 is 2.21 bits per heavy atom. The Bertz CT molecular complexity index is 838. The maximum atomic E-state index is 13.9. The summed E-state index contributed by atoms with van der Waals surface area (Å²) in [4.78, 5) is 31.8. The van der Waals surface area contributed by atoms with Crippen LogP contribution in [0.5, 0.6) is 0 Å². The van der Waals surface area contributed by atoms with E-state index in [1.807, 2.05) is 4.90 Å². The maximum Gasteiger partial charge on any atom is 0.230 e. The molecule has 3 fully saturated rings. The molecule has 2 aliphatic carbocycles. The molecule has 1 aromatic heterocycles. The smallest absolute Gasteiger partial charge is 0.230 e. The molecular weight excluding hydrogens is 432 g/mol. The van der Waals surface area contributed by atoms with Crippen molar-refractivity contribution in [3.8, 4) is 0 Å². The molecule has 2 heterocycles. The number of piperidine rings is 1. The Balaban J connectivity index is 1.66. The Kier molecular flexibility index (Phi) is 7.54. The van der Waals surface area contributed by atoms with Gasteiger partial charge in [-0.25, -0.2) is 0 Å². The van der Waals surface area contributed by atoms with Crippen LogP contribution in [0.25, 0.3) is 0 Å². The van der Waals surface area contributed by atoms with E-state index in [2.05, 4.69) is 38.8 Å². The molecule has 0 bridgehead atoms. The molecule has 1 aromatic rings. The van der Waals surface area contributed by atoms with Gasteiger partial charge in [-0.15, -0.1) is 11.3 Å². The van der Waals surface area contributed by atoms with Crippen LogP contribution in [0.2, 0.25) is 0 Å². The zero-order valence-electron chi connectivity index (χ0n) is 20.9. The Morgan fingerprint density at radius 1 is 1.03 bits per heavy atom. The highest BCUT2D eigenvalue weighted by atomic mass is 32.1. The summed E-state index contributed by atoms with van der Waals surface area (Å²) in [5.41, 5.74) is 0.986. The third-order valence-electron chi connectivity index (χ3n) is 8.57. The first-order valence-electron chi connectivity index (χ1n) is 13.0. The van der Waals surface area contributed by atoms with E-state index in [1.54, 1.807) is 0 Å². The number of thiophene rings is 1. The number of carbonyl (C=O) groups is 2. The summed E-state index contributed by atoms with van der Waals surface area (Å²) in [7, 11) is 2.12. The van der Waals surface area contributed by atoms with E-state index in [4.69, 9.17) is 0 Å². The standard InChI is InChI=1S/C27H42N2O3S/c1-18-5-7-20(8-6-18)25(30)29(21-11-15-28(4)16-12-21)22-17-23(33-24(22)26(31)32)19-9-13-27(2,3)14-10-19/h17-21H,5-16H2,1-4H3,(H,31,32)/p-1. The number of carbonyl (C=O) groups excluding carboxylic acids is 2. The van der Waals surface area contributed by atoms with Crippen molar-refractivity contribution in [2.75, 3.05) is 25.0 Å². The molecule has 1 saturated heterocycles. The number of carboxylic acids is 1.